The first kappa shape index (κ1) is 13.6. The van der Waals surface area contributed by atoms with Crippen LogP contribution in [0.1, 0.15) is 19.0 Å². The van der Waals surface area contributed by atoms with Gasteiger partial charge in [0.05, 0.1) is 6.10 Å². The molecule has 6 nitrogen and oxygen atoms in total. The summed E-state index contributed by atoms with van der Waals surface area (Å²) in [6, 6.07) is 4.42. The maximum atomic E-state index is 11.7. The number of aliphatic hydroxyl groups is 1. The van der Waals surface area contributed by atoms with Gasteiger partial charge < -0.3 is 5.11 Å². The van der Waals surface area contributed by atoms with Crippen molar-refractivity contribution in [1.29, 1.82) is 5.26 Å². The van der Waals surface area contributed by atoms with E-state index < -0.39 is 16.1 Å². The van der Waals surface area contributed by atoms with Crippen LogP contribution in [-0.2, 0) is 10.0 Å². The molecular formula is C10H13N3O3S. The Morgan fingerprint density at radius 3 is 2.76 bits per heavy atom. The quantitative estimate of drug-likeness (QED) is 0.771. The third-order valence-electron chi connectivity index (χ3n) is 2.14. The predicted octanol–water partition coefficient (Wildman–Crippen LogP) is 0.00248. The van der Waals surface area contributed by atoms with Crippen molar-refractivity contribution in [3.8, 4) is 6.07 Å². The average molecular weight is 255 g/mol. The van der Waals surface area contributed by atoms with E-state index in [2.05, 4.69) is 9.71 Å². The Hall–Kier alpha value is -1.49. The summed E-state index contributed by atoms with van der Waals surface area (Å²) in [6.07, 6.45) is 0.865. The Balaban J connectivity index is 2.79. The minimum atomic E-state index is -3.67. The summed E-state index contributed by atoms with van der Waals surface area (Å²) in [5, 5.41) is 17.8. The van der Waals surface area contributed by atoms with Crippen LogP contribution >= 0.6 is 0 Å². The van der Waals surface area contributed by atoms with Gasteiger partial charge in [-0.2, -0.15) is 5.26 Å². The lowest BCUT2D eigenvalue weighted by atomic mass is 10.3. The summed E-state index contributed by atoms with van der Waals surface area (Å²) in [5.74, 6) is 0. The Morgan fingerprint density at radius 1 is 1.59 bits per heavy atom. The van der Waals surface area contributed by atoms with Crippen LogP contribution in [0.5, 0.6) is 0 Å². The maximum absolute atomic E-state index is 11.7. The van der Waals surface area contributed by atoms with Crippen LogP contribution in [0.25, 0.3) is 0 Å². The van der Waals surface area contributed by atoms with Crippen LogP contribution < -0.4 is 4.72 Å². The van der Waals surface area contributed by atoms with Crippen LogP contribution in [0.4, 0.5) is 0 Å². The van der Waals surface area contributed by atoms with E-state index in [1.54, 1.807) is 13.0 Å². The zero-order valence-electron chi connectivity index (χ0n) is 9.29. The number of hydrogen-bond donors (Lipinski definition) is 2. The first-order valence-electron chi connectivity index (χ1n) is 5.03. The summed E-state index contributed by atoms with van der Waals surface area (Å²) in [4.78, 5) is 3.64. The molecule has 1 atom stereocenters. The average Bonchev–Trinajstić information content (AvgIpc) is 2.36. The Labute approximate surface area is 100.0 Å². The van der Waals surface area contributed by atoms with Gasteiger partial charge in [0.15, 0.2) is 0 Å². The van der Waals surface area contributed by atoms with Gasteiger partial charge in [-0.25, -0.2) is 18.1 Å². The minimum absolute atomic E-state index is 0.0280. The number of aliphatic hydroxyl groups excluding tert-OH is 1. The number of sulfonamides is 1. The van der Waals surface area contributed by atoms with Crippen LogP contribution in [0.2, 0.25) is 0 Å². The first-order valence-corrected chi connectivity index (χ1v) is 6.51. The molecule has 0 fully saturated rings. The van der Waals surface area contributed by atoms with Gasteiger partial charge in [-0.3, -0.25) is 0 Å². The fraction of sp³-hybridized carbons (Fsp3) is 0.400. The maximum Gasteiger partial charge on any atom is 0.242 e. The molecule has 1 heterocycles. The van der Waals surface area contributed by atoms with E-state index in [1.165, 1.54) is 12.1 Å². The topological polar surface area (TPSA) is 103 Å². The van der Waals surface area contributed by atoms with Crippen LogP contribution in [0, 0.1) is 11.3 Å². The van der Waals surface area contributed by atoms with Gasteiger partial charge in [0.1, 0.15) is 16.7 Å². The Bertz CT molecular complexity index is 505. The minimum Gasteiger partial charge on any atom is -0.392 e. The molecule has 0 saturated carbocycles. The molecule has 7 heteroatoms. The molecular weight excluding hydrogens is 242 g/mol. The highest BCUT2D eigenvalue weighted by atomic mass is 32.2. The van der Waals surface area contributed by atoms with Crippen LogP contribution in [0.3, 0.4) is 0 Å². The zero-order chi connectivity index (χ0) is 12.9. The predicted molar refractivity (Wildman–Crippen MR) is 60.4 cm³/mol. The monoisotopic (exact) mass is 255 g/mol. The van der Waals surface area contributed by atoms with Gasteiger partial charge in [0, 0.05) is 12.7 Å². The highest BCUT2D eigenvalue weighted by Gasteiger charge is 2.15. The van der Waals surface area contributed by atoms with E-state index >= 15 is 0 Å². The number of pyridine rings is 1. The third-order valence-corrected chi connectivity index (χ3v) is 3.55. The lowest BCUT2D eigenvalue weighted by Gasteiger charge is -2.09. The number of nitrogens with one attached hydrogen (secondary N) is 1. The summed E-state index contributed by atoms with van der Waals surface area (Å²) in [6.45, 7) is 1.71. The van der Waals surface area contributed by atoms with Crippen molar-refractivity contribution in [1.82, 2.24) is 9.71 Å². The van der Waals surface area contributed by atoms with Crippen molar-refractivity contribution < 1.29 is 13.5 Å². The SMILES string of the molecule is CCC(O)CNS(=O)(=O)c1ccc(C#N)nc1. The standard InChI is InChI=1S/C10H13N3O3S/c1-2-9(14)6-13-17(15,16)10-4-3-8(5-11)12-7-10/h3-4,7,9,13-14H,2,6H2,1H3. The molecule has 1 aromatic rings. The number of nitriles is 1. The van der Waals surface area contributed by atoms with Gasteiger partial charge in [0.25, 0.3) is 0 Å². The summed E-state index contributed by atoms with van der Waals surface area (Å²) >= 11 is 0. The molecule has 0 aliphatic carbocycles. The number of rotatable bonds is 5. The molecule has 1 unspecified atom stereocenters. The van der Waals surface area contributed by atoms with Gasteiger partial charge >= 0.3 is 0 Å². The summed E-state index contributed by atoms with van der Waals surface area (Å²) < 4.78 is 25.7. The molecule has 17 heavy (non-hydrogen) atoms. The molecule has 2 N–H and O–H groups in total. The van der Waals surface area contributed by atoms with Crippen LogP contribution in [-0.4, -0.2) is 31.2 Å². The molecule has 1 rings (SSSR count). The van der Waals surface area contributed by atoms with Gasteiger partial charge in [-0.05, 0) is 18.6 Å². The van der Waals surface area contributed by atoms with E-state index in [0.29, 0.717) is 6.42 Å². The molecule has 92 valence electrons. The third kappa shape index (κ3) is 3.78. The van der Waals surface area contributed by atoms with E-state index in [1.807, 2.05) is 0 Å². The highest BCUT2D eigenvalue weighted by Crippen LogP contribution is 2.07. The fourth-order valence-electron chi connectivity index (χ4n) is 1.04. The summed E-state index contributed by atoms with van der Waals surface area (Å²) in [7, 11) is -3.67. The smallest absolute Gasteiger partial charge is 0.242 e. The second-order valence-electron chi connectivity index (χ2n) is 3.40. The van der Waals surface area contributed by atoms with E-state index in [0.717, 1.165) is 6.20 Å². The zero-order valence-corrected chi connectivity index (χ0v) is 10.1. The lowest BCUT2D eigenvalue weighted by Crippen LogP contribution is -2.31. The van der Waals surface area contributed by atoms with Gasteiger partial charge in [-0.1, -0.05) is 6.92 Å². The van der Waals surface area contributed by atoms with Crippen molar-refractivity contribution in [2.75, 3.05) is 6.54 Å². The molecule has 1 aromatic heterocycles. The van der Waals surface area contributed by atoms with E-state index in [4.69, 9.17) is 5.26 Å². The molecule has 0 bridgehead atoms. The summed E-state index contributed by atoms with van der Waals surface area (Å²) in [5.41, 5.74) is 0.151. The van der Waals surface area contributed by atoms with Crippen molar-refractivity contribution >= 4 is 10.0 Å². The molecule has 0 radical (unpaired) electrons. The molecule has 0 spiro atoms. The lowest BCUT2D eigenvalue weighted by molar-refractivity contribution is 0.174. The van der Waals surface area contributed by atoms with Crippen LogP contribution in [0.15, 0.2) is 23.2 Å². The molecule has 0 aromatic carbocycles. The Morgan fingerprint density at radius 2 is 2.29 bits per heavy atom. The molecule has 0 aliphatic rings. The second kappa shape index (κ2) is 5.72. The van der Waals surface area contributed by atoms with Crippen molar-refractivity contribution in [2.45, 2.75) is 24.3 Å². The van der Waals surface area contributed by atoms with Gasteiger partial charge in [0.2, 0.25) is 10.0 Å². The van der Waals surface area contributed by atoms with Gasteiger partial charge in [-0.15, -0.1) is 0 Å². The largest absolute Gasteiger partial charge is 0.392 e. The Kier molecular flexibility index (Phi) is 4.57. The first-order chi connectivity index (χ1) is 7.99. The molecule has 0 aliphatic heterocycles. The molecule has 0 amide bonds. The molecule has 0 saturated heterocycles. The second-order valence-corrected chi connectivity index (χ2v) is 5.17. The van der Waals surface area contributed by atoms with Crippen molar-refractivity contribution in [3.05, 3.63) is 24.0 Å². The number of aromatic nitrogens is 1. The normalized spacial score (nSPS) is 13.0. The number of hydrogen-bond acceptors (Lipinski definition) is 5. The fourth-order valence-corrected chi connectivity index (χ4v) is 2.06. The van der Waals surface area contributed by atoms with E-state index in [-0.39, 0.29) is 17.1 Å². The van der Waals surface area contributed by atoms with Crippen molar-refractivity contribution in [3.63, 3.8) is 0 Å². The number of nitrogens with zero attached hydrogens (tertiary/aromatic N) is 2. The van der Waals surface area contributed by atoms with Crippen molar-refractivity contribution in [2.24, 2.45) is 0 Å². The highest BCUT2D eigenvalue weighted by molar-refractivity contribution is 7.89. The van der Waals surface area contributed by atoms with E-state index in [9.17, 15) is 13.5 Å².